The summed E-state index contributed by atoms with van der Waals surface area (Å²) in [7, 11) is 0. The van der Waals surface area contributed by atoms with E-state index in [4.69, 9.17) is 20.8 Å². The van der Waals surface area contributed by atoms with E-state index in [1.807, 2.05) is 90.6 Å². The number of halogens is 1. The van der Waals surface area contributed by atoms with Crippen molar-refractivity contribution in [3.63, 3.8) is 0 Å². The first kappa shape index (κ1) is 19.8. The lowest BCUT2D eigenvalue weighted by Gasteiger charge is -2.08. The lowest BCUT2D eigenvalue weighted by molar-refractivity contribution is 0.104. The molecule has 0 amide bonds. The van der Waals surface area contributed by atoms with Gasteiger partial charge in [0, 0.05) is 34.2 Å². The number of allylic oxidation sites excluding steroid dienone is 1. The van der Waals surface area contributed by atoms with Crippen molar-refractivity contribution >= 4 is 23.5 Å². The average molecular weight is 418 g/mol. The van der Waals surface area contributed by atoms with Crippen molar-refractivity contribution in [3.05, 3.63) is 113 Å². The Morgan fingerprint density at radius 3 is 2.57 bits per heavy atom. The predicted molar refractivity (Wildman–Crippen MR) is 118 cm³/mol. The first-order valence-electron chi connectivity index (χ1n) is 9.52. The second-order valence-electron chi connectivity index (χ2n) is 6.79. The summed E-state index contributed by atoms with van der Waals surface area (Å²) < 4.78 is 13.5. The van der Waals surface area contributed by atoms with Crippen LogP contribution in [0.1, 0.15) is 27.4 Å². The van der Waals surface area contributed by atoms with E-state index >= 15 is 0 Å². The van der Waals surface area contributed by atoms with Crippen LogP contribution in [0.5, 0.6) is 5.75 Å². The SMILES string of the molecule is Cc1c(Cl)cccc1OCc1ccc(/C=C/C(=O)c2ccc(-n3cccc3)cc2)o1. The quantitative estimate of drug-likeness (QED) is 0.254. The van der Waals surface area contributed by atoms with E-state index in [0.717, 1.165) is 17.0 Å². The number of benzene rings is 2. The fourth-order valence-electron chi connectivity index (χ4n) is 3.01. The van der Waals surface area contributed by atoms with Crippen molar-refractivity contribution in [2.45, 2.75) is 13.5 Å². The molecule has 5 heteroatoms. The summed E-state index contributed by atoms with van der Waals surface area (Å²) in [4.78, 5) is 12.4. The predicted octanol–water partition coefficient (Wildman–Crippen LogP) is 6.51. The number of aromatic nitrogens is 1. The van der Waals surface area contributed by atoms with Gasteiger partial charge in [0.1, 0.15) is 23.9 Å². The minimum absolute atomic E-state index is 0.0854. The Morgan fingerprint density at radius 2 is 1.80 bits per heavy atom. The molecule has 2 aromatic heterocycles. The first-order valence-corrected chi connectivity index (χ1v) is 9.90. The molecule has 30 heavy (non-hydrogen) atoms. The molecular weight excluding hydrogens is 398 g/mol. The van der Waals surface area contributed by atoms with Crippen LogP contribution >= 0.6 is 11.6 Å². The number of rotatable bonds is 7. The van der Waals surface area contributed by atoms with E-state index in [2.05, 4.69) is 0 Å². The van der Waals surface area contributed by atoms with Crippen molar-refractivity contribution in [1.82, 2.24) is 4.57 Å². The summed E-state index contributed by atoms with van der Waals surface area (Å²) >= 11 is 6.11. The molecule has 4 nitrogen and oxygen atoms in total. The van der Waals surface area contributed by atoms with Crippen LogP contribution in [-0.2, 0) is 6.61 Å². The van der Waals surface area contributed by atoms with Gasteiger partial charge in [0.05, 0.1) is 0 Å². The molecule has 150 valence electrons. The van der Waals surface area contributed by atoms with E-state index in [-0.39, 0.29) is 12.4 Å². The third-order valence-corrected chi connectivity index (χ3v) is 5.13. The monoisotopic (exact) mass is 417 g/mol. The molecule has 0 bridgehead atoms. The van der Waals surface area contributed by atoms with Gasteiger partial charge in [-0.15, -0.1) is 0 Å². The van der Waals surface area contributed by atoms with Crippen LogP contribution < -0.4 is 4.74 Å². The largest absolute Gasteiger partial charge is 0.485 e. The summed E-state index contributed by atoms with van der Waals surface area (Å²) in [5.74, 6) is 1.89. The minimum Gasteiger partial charge on any atom is -0.485 e. The van der Waals surface area contributed by atoms with Crippen LogP contribution in [0, 0.1) is 6.92 Å². The Labute approximate surface area is 180 Å². The highest BCUT2D eigenvalue weighted by molar-refractivity contribution is 6.31. The molecule has 0 spiro atoms. The Morgan fingerprint density at radius 1 is 1.03 bits per heavy atom. The van der Waals surface area contributed by atoms with Gasteiger partial charge >= 0.3 is 0 Å². The maximum Gasteiger partial charge on any atom is 0.185 e. The lowest BCUT2D eigenvalue weighted by Crippen LogP contribution is -1.96. The summed E-state index contributed by atoms with van der Waals surface area (Å²) in [6.07, 6.45) is 7.09. The van der Waals surface area contributed by atoms with Crippen molar-refractivity contribution < 1.29 is 13.9 Å². The Kier molecular flexibility index (Phi) is 5.87. The number of carbonyl (C=O) groups excluding carboxylic acids is 1. The summed E-state index contributed by atoms with van der Waals surface area (Å²) in [6.45, 7) is 2.19. The molecule has 0 unspecified atom stereocenters. The van der Waals surface area contributed by atoms with Gasteiger partial charge in [0.15, 0.2) is 5.78 Å². The van der Waals surface area contributed by atoms with E-state index in [9.17, 15) is 4.79 Å². The minimum atomic E-state index is -0.0854. The second-order valence-corrected chi connectivity index (χ2v) is 7.20. The van der Waals surface area contributed by atoms with Gasteiger partial charge in [0.2, 0.25) is 0 Å². The number of ether oxygens (including phenoxy) is 1. The maximum atomic E-state index is 12.4. The standard InChI is InChI=1S/C25H20ClNO3/c1-18-23(26)5-4-6-25(18)29-17-22-12-11-21(30-22)13-14-24(28)19-7-9-20(10-8-19)27-15-2-3-16-27/h2-16H,17H2,1H3/b14-13+. The van der Waals surface area contributed by atoms with E-state index in [1.165, 1.54) is 6.08 Å². The molecule has 0 radical (unpaired) electrons. The molecule has 0 saturated carbocycles. The average Bonchev–Trinajstić information content (AvgIpc) is 3.45. The zero-order valence-electron chi connectivity index (χ0n) is 16.4. The highest BCUT2D eigenvalue weighted by atomic mass is 35.5. The van der Waals surface area contributed by atoms with E-state index in [1.54, 1.807) is 6.08 Å². The summed E-state index contributed by atoms with van der Waals surface area (Å²) in [5.41, 5.74) is 2.51. The van der Waals surface area contributed by atoms with Crippen LogP contribution in [0.4, 0.5) is 0 Å². The molecule has 0 saturated heterocycles. The van der Waals surface area contributed by atoms with Crippen LogP contribution in [0.15, 0.2) is 89.6 Å². The number of hydrogen-bond donors (Lipinski definition) is 0. The first-order chi connectivity index (χ1) is 14.6. The summed E-state index contributed by atoms with van der Waals surface area (Å²) in [5, 5.41) is 0.662. The van der Waals surface area contributed by atoms with Crippen LogP contribution in [0.3, 0.4) is 0 Å². The van der Waals surface area contributed by atoms with Gasteiger partial charge in [-0.1, -0.05) is 17.7 Å². The fraction of sp³-hybridized carbons (Fsp3) is 0.0800. The fourth-order valence-corrected chi connectivity index (χ4v) is 3.18. The molecule has 2 aromatic carbocycles. The van der Waals surface area contributed by atoms with Crippen molar-refractivity contribution in [3.8, 4) is 11.4 Å². The molecule has 4 rings (SSSR count). The smallest absolute Gasteiger partial charge is 0.185 e. The maximum absolute atomic E-state index is 12.4. The van der Waals surface area contributed by atoms with Gasteiger partial charge in [-0.05, 0) is 79.7 Å². The number of carbonyl (C=O) groups is 1. The summed E-state index contributed by atoms with van der Waals surface area (Å²) in [6, 6.07) is 20.6. The van der Waals surface area contributed by atoms with Gasteiger partial charge in [-0.25, -0.2) is 0 Å². The number of furan rings is 1. The van der Waals surface area contributed by atoms with Gasteiger partial charge < -0.3 is 13.7 Å². The van der Waals surface area contributed by atoms with E-state index in [0.29, 0.717) is 22.1 Å². The zero-order chi connectivity index (χ0) is 20.9. The molecule has 2 heterocycles. The lowest BCUT2D eigenvalue weighted by atomic mass is 10.1. The number of ketones is 1. The van der Waals surface area contributed by atoms with Gasteiger partial charge in [-0.2, -0.15) is 0 Å². The molecule has 0 aliphatic rings. The molecule has 4 aromatic rings. The Bertz CT molecular complexity index is 1170. The Balaban J connectivity index is 1.37. The molecule has 0 aliphatic heterocycles. The zero-order valence-corrected chi connectivity index (χ0v) is 17.2. The number of nitrogens with zero attached hydrogens (tertiary/aromatic N) is 1. The van der Waals surface area contributed by atoms with Gasteiger partial charge in [-0.3, -0.25) is 4.79 Å². The van der Waals surface area contributed by atoms with E-state index < -0.39 is 0 Å². The third-order valence-electron chi connectivity index (χ3n) is 4.72. The highest BCUT2D eigenvalue weighted by Crippen LogP contribution is 2.26. The molecule has 0 fully saturated rings. The van der Waals surface area contributed by atoms with Gasteiger partial charge in [0.25, 0.3) is 0 Å². The van der Waals surface area contributed by atoms with Crippen LogP contribution in [0.2, 0.25) is 5.02 Å². The molecular formula is C25H20ClNO3. The van der Waals surface area contributed by atoms with Crippen molar-refractivity contribution in [1.29, 1.82) is 0 Å². The third kappa shape index (κ3) is 4.56. The van der Waals surface area contributed by atoms with Crippen molar-refractivity contribution in [2.24, 2.45) is 0 Å². The highest BCUT2D eigenvalue weighted by Gasteiger charge is 2.07. The van der Waals surface area contributed by atoms with Crippen molar-refractivity contribution in [2.75, 3.05) is 0 Å². The molecule has 0 N–H and O–H groups in total. The van der Waals surface area contributed by atoms with Crippen LogP contribution in [0.25, 0.3) is 11.8 Å². The normalized spacial score (nSPS) is 11.1. The Hall–Kier alpha value is -3.50. The number of hydrogen-bond acceptors (Lipinski definition) is 3. The topological polar surface area (TPSA) is 44.4 Å². The van der Waals surface area contributed by atoms with Crippen LogP contribution in [-0.4, -0.2) is 10.4 Å². The molecule has 0 atom stereocenters. The molecule has 0 aliphatic carbocycles. The second kappa shape index (κ2) is 8.89.